The van der Waals surface area contributed by atoms with Crippen LogP contribution in [0.1, 0.15) is 0 Å². The Morgan fingerprint density at radius 3 is 1.85 bits per heavy atom. The Morgan fingerprint density at radius 1 is 0.373 bits per heavy atom. The first-order valence-corrected chi connectivity index (χ1v) is 20.2. The van der Waals surface area contributed by atoms with Crippen LogP contribution in [0.4, 0.5) is 17.1 Å². The van der Waals surface area contributed by atoms with Gasteiger partial charge in [0, 0.05) is 44.0 Å². The van der Waals surface area contributed by atoms with Crippen molar-refractivity contribution in [1.29, 1.82) is 0 Å². The number of benzene rings is 10. The Kier molecular flexibility index (Phi) is 7.54. The third-order valence-electron chi connectivity index (χ3n) is 11.9. The first-order chi connectivity index (χ1) is 29.3. The molecule has 12 rings (SSSR count). The molecule has 276 valence electrons. The maximum absolute atomic E-state index is 6.39. The fourth-order valence-electron chi connectivity index (χ4n) is 9.24. The van der Waals surface area contributed by atoms with Gasteiger partial charge in [0.2, 0.25) is 0 Å². The molecular formula is C56H36N2O. The largest absolute Gasteiger partial charge is 0.456 e. The highest BCUT2D eigenvalue weighted by Crippen LogP contribution is 2.48. The number of nitrogens with zero attached hydrogens (tertiary/aromatic N) is 2. The molecule has 59 heavy (non-hydrogen) atoms. The molecule has 0 radical (unpaired) electrons. The molecule has 2 aromatic heterocycles. The third-order valence-corrected chi connectivity index (χ3v) is 11.9. The molecule has 12 aromatic rings. The van der Waals surface area contributed by atoms with E-state index in [9.17, 15) is 0 Å². The van der Waals surface area contributed by atoms with Crippen molar-refractivity contribution in [1.82, 2.24) is 4.57 Å². The van der Waals surface area contributed by atoms with E-state index in [4.69, 9.17) is 4.42 Å². The first-order valence-electron chi connectivity index (χ1n) is 20.2. The molecule has 3 nitrogen and oxygen atoms in total. The predicted molar refractivity (Wildman–Crippen MR) is 249 cm³/mol. The normalized spacial score (nSPS) is 11.7. The van der Waals surface area contributed by atoms with E-state index in [0.29, 0.717) is 0 Å². The van der Waals surface area contributed by atoms with Crippen LogP contribution >= 0.6 is 0 Å². The quantitative estimate of drug-likeness (QED) is 0.169. The summed E-state index contributed by atoms with van der Waals surface area (Å²) in [6.07, 6.45) is 0. The van der Waals surface area contributed by atoms with Crippen molar-refractivity contribution < 1.29 is 4.42 Å². The second-order valence-electron chi connectivity index (χ2n) is 15.3. The minimum atomic E-state index is 0.892. The highest BCUT2D eigenvalue weighted by Gasteiger charge is 2.25. The summed E-state index contributed by atoms with van der Waals surface area (Å²) in [7, 11) is 0. The fraction of sp³-hybridized carbons (Fsp3) is 0. The van der Waals surface area contributed by atoms with Crippen molar-refractivity contribution in [3.05, 3.63) is 218 Å². The molecule has 2 heterocycles. The number of furan rings is 1. The maximum Gasteiger partial charge on any atom is 0.136 e. The van der Waals surface area contributed by atoms with Crippen LogP contribution in [0.3, 0.4) is 0 Å². The summed E-state index contributed by atoms with van der Waals surface area (Å²) in [4.78, 5) is 2.46. The van der Waals surface area contributed by atoms with E-state index in [2.05, 4.69) is 222 Å². The summed E-state index contributed by atoms with van der Waals surface area (Å²) >= 11 is 0. The number of anilines is 3. The zero-order chi connectivity index (χ0) is 38.9. The van der Waals surface area contributed by atoms with Gasteiger partial charge in [-0.1, -0.05) is 152 Å². The van der Waals surface area contributed by atoms with E-state index in [-0.39, 0.29) is 0 Å². The number of rotatable bonds is 6. The smallest absolute Gasteiger partial charge is 0.136 e. The molecule has 0 amide bonds. The van der Waals surface area contributed by atoms with Gasteiger partial charge in [0.1, 0.15) is 11.2 Å². The number of hydrogen-bond acceptors (Lipinski definition) is 2. The number of aromatic nitrogens is 1. The van der Waals surface area contributed by atoms with Gasteiger partial charge in [-0.15, -0.1) is 0 Å². The molecule has 3 heteroatoms. The van der Waals surface area contributed by atoms with Gasteiger partial charge >= 0.3 is 0 Å². The Bertz CT molecular complexity index is 3540. The molecule has 0 aliphatic carbocycles. The average Bonchev–Trinajstić information content (AvgIpc) is 3.86. The van der Waals surface area contributed by atoms with Crippen molar-refractivity contribution in [2.45, 2.75) is 0 Å². The molecule has 10 aromatic carbocycles. The monoisotopic (exact) mass is 752 g/mol. The highest BCUT2D eigenvalue weighted by molar-refractivity contribution is 6.25. The van der Waals surface area contributed by atoms with Crippen LogP contribution in [0.15, 0.2) is 223 Å². The molecule has 0 unspecified atom stereocenters. The lowest BCUT2D eigenvalue weighted by Gasteiger charge is -2.28. The van der Waals surface area contributed by atoms with Crippen molar-refractivity contribution in [3.63, 3.8) is 0 Å². The summed E-state index contributed by atoms with van der Waals surface area (Å²) in [6.45, 7) is 0. The Balaban J connectivity index is 1.20. The van der Waals surface area contributed by atoms with Gasteiger partial charge in [0.15, 0.2) is 0 Å². The fourth-order valence-corrected chi connectivity index (χ4v) is 9.24. The van der Waals surface area contributed by atoms with E-state index in [1.807, 2.05) is 6.07 Å². The van der Waals surface area contributed by atoms with Crippen LogP contribution < -0.4 is 4.90 Å². The van der Waals surface area contributed by atoms with E-state index in [1.54, 1.807) is 0 Å². The van der Waals surface area contributed by atoms with Crippen LogP contribution in [0.2, 0.25) is 0 Å². The summed E-state index contributed by atoms with van der Waals surface area (Å²) < 4.78 is 8.85. The summed E-state index contributed by atoms with van der Waals surface area (Å²) in [5.41, 5.74) is 13.2. The summed E-state index contributed by atoms with van der Waals surface area (Å²) in [5.74, 6) is 0. The molecule has 0 aliphatic rings. The van der Waals surface area contributed by atoms with Crippen LogP contribution in [-0.2, 0) is 0 Å². The van der Waals surface area contributed by atoms with Gasteiger partial charge in [-0.2, -0.15) is 0 Å². The van der Waals surface area contributed by atoms with E-state index in [0.717, 1.165) is 61.3 Å². The van der Waals surface area contributed by atoms with E-state index < -0.39 is 0 Å². The van der Waals surface area contributed by atoms with Crippen LogP contribution in [0, 0.1) is 0 Å². The second kappa shape index (κ2) is 13.4. The molecule has 0 saturated heterocycles. The van der Waals surface area contributed by atoms with Gasteiger partial charge in [0.05, 0.1) is 16.7 Å². The van der Waals surface area contributed by atoms with Crippen molar-refractivity contribution in [2.75, 3.05) is 4.90 Å². The molecule has 0 spiro atoms. The summed E-state index contributed by atoms with van der Waals surface area (Å²) in [5, 5.41) is 9.42. The van der Waals surface area contributed by atoms with Gasteiger partial charge in [-0.05, 0) is 105 Å². The molecular weight excluding hydrogens is 717 g/mol. The maximum atomic E-state index is 6.39. The van der Waals surface area contributed by atoms with Gasteiger partial charge < -0.3 is 13.9 Å². The SMILES string of the molecule is c1ccc(-c2ccc(N(c3ccc4ccccc4c3)c3cc4ccccc4c4c3c3cc(-c5cccc6oc7ccccc7c56)ccc3n4-c3ccccc3)cc2)cc1. The topological polar surface area (TPSA) is 21.3 Å². The van der Waals surface area contributed by atoms with Crippen LogP contribution in [0.5, 0.6) is 0 Å². The zero-order valence-electron chi connectivity index (χ0n) is 32.1. The molecule has 0 bridgehead atoms. The lowest BCUT2D eigenvalue weighted by Crippen LogP contribution is -2.10. The molecule has 0 aliphatic heterocycles. The minimum absolute atomic E-state index is 0.892. The van der Waals surface area contributed by atoms with Gasteiger partial charge in [-0.25, -0.2) is 0 Å². The lowest BCUT2D eigenvalue weighted by molar-refractivity contribution is 0.669. The van der Waals surface area contributed by atoms with Crippen LogP contribution in [0.25, 0.3) is 93.2 Å². The number of para-hydroxylation sites is 2. The molecule has 0 N–H and O–H groups in total. The Morgan fingerprint density at radius 2 is 1.02 bits per heavy atom. The van der Waals surface area contributed by atoms with Crippen molar-refractivity contribution >= 4 is 82.4 Å². The average molecular weight is 753 g/mol. The molecule has 0 fully saturated rings. The highest BCUT2D eigenvalue weighted by atomic mass is 16.3. The zero-order valence-corrected chi connectivity index (χ0v) is 32.1. The minimum Gasteiger partial charge on any atom is -0.456 e. The number of fused-ring (bicyclic) bond motifs is 9. The first kappa shape index (κ1) is 33.3. The molecule has 0 saturated carbocycles. The van der Waals surface area contributed by atoms with Gasteiger partial charge in [-0.3, -0.25) is 0 Å². The predicted octanol–water partition coefficient (Wildman–Crippen LogP) is 15.8. The number of hydrogen-bond donors (Lipinski definition) is 0. The second-order valence-corrected chi connectivity index (χ2v) is 15.3. The third kappa shape index (κ3) is 5.36. The molecule has 0 atom stereocenters. The van der Waals surface area contributed by atoms with Crippen molar-refractivity contribution in [3.8, 4) is 27.9 Å². The Labute approximate surface area is 341 Å². The Hall–Kier alpha value is -7.88. The summed E-state index contributed by atoms with van der Waals surface area (Å²) in [6, 6.07) is 78.9. The van der Waals surface area contributed by atoms with Gasteiger partial charge in [0.25, 0.3) is 0 Å². The lowest BCUT2D eigenvalue weighted by atomic mass is 9.96. The van der Waals surface area contributed by atoms with E-state index in [1.165, 1.54) is 49.0 Å². The van der Waals surface area contributed by atoms with E-state index >= 15 is 0 Å². The van der Waals surface area contributed by atoms with Crippen LogP contribution in [-0.4, -0.2) is 4.57 Å². The standard InChI is InChI=1S/C56H36N2O/c1-3-14-37(15-4-1)39-26-30-44(31-27-39)57(45-32-28-38-16-7-8-17-40(38)34-45)51-36-41-18-9-10-21-47(41)56-55(51)49-35-42(29-33-50(49)58(56)43-19-5-2-6-20-43)46-23-13-25-53-54(46)48-22-11-12-24-52(48)59-53/h1-36H. The van der Waals surface area contributed by atoms with Crippen molar-refractivity contribution in [2.24, 2.45) is 0 Å².